The fraction of sp³-hybridized carbons (Fsp3) is 0.231. The Bertz CT molecular complexity index is 1220. The Kier molecular flexibility index (Phi) is 6.10. The van der Waals surface area contributed by atoms with Crippen molar-refractivity contribution in [1.29, 1.82) is 0 Å². The lowest BCUT2D eigenvalue weighted by atomic mass is 10.0. The van der Waals surface area contributed by atoms with E-state index in [2.05, 4.69) is 17.1 Å². The summed E-state index contributed by atoms with van der Waals surface area (Å²) in [4.78, 5) is 19.4. The number of carbonyl (C=O) groups is 1. The van der Waals surface area contributed by atoms with Crippen LogP contribution in [0.25, 0.3) is 10.2 Å². The number of likely N-dealkylation sites (tertiary alicyclic amines) is 1. The molecule has 2 heterocycles. The van der Waals surface area contributed by atoms with Crippen molar-refractivity contribution in [2.45, 2.75) is 25.4 Å². The van der Waals surface area contributed by atoms with Gasteiger partial charge in [-0.2, -0.15) is 0 Å². The number of thiazole rings is 1. The van der Waals surface area contributed by atoms with Crippen LogP contribution in [0.3, 0.4) is 0 Å². The summed E-state index contributed by atoms with van der Waals surface area (Å²) in [5, 5.41) is 1.29. The lowest BCUT2D eigenvalue weighted by molar-refractivity contribution is 0.0595. The minimum atomic E-state index is 0.0617. The Balaban J connectivity index is 1.16. The summed E-state index contributed by atoms with van der Waals surface area (Å²) in [6, 6.07) is 24.1. The third-order valence-electron chi connectivity index (χ3n) is 5.80. The van der Waals surface area contributed by atoms with Crippen LogP contribution in [0.1, 0.15) is 34.3 Å². The molecule has 1 fully saturated rings. The maximum Gasteiger partial charge on any atom is 0.274 e. The van der Waals surface area contributed by atoms with Gasteiger partial charge in [0.25, 0.3) is 11.1 Å². The molecule has 1 aliphatic rings. The summed E-state index contributed by atoms with van der Waals surface area (Å²) in [6.07, 6.45) is 2.52. The quantitative estimate of drug-likeness (QED) is 0.353. The van der Waals surface area contributed by atoms with Crippen LogP contribution in [-0.2, 0) is 6.42 Å². The van der Waals surface area contributed by atoms with Gasteiger partial charge in [-0.3, -0.25) is 4.79 Å². The van der Waals surface area contributed by atoms with Gasteiger partial charge in [-0.25, -0.2) is 4.98 Å². The average Bonchev–Trinajstić information content (AvgIpc) is 3.24. The predicted octanol–water partition coefficient (Wildman–Crippen LogP) is 6.22. The van der Waals surface area contributed by atoms with Crippen molar-refractivity contribution in [2.75, 3.05) is 13.1 Å². The maximum atomic E-state index is 12.9. The molecule has 0 radical (unpaired) electrons. The molecule has 32 heavy (non-hydrogen) atoms. The zero-order valence-corrected chi connectivity index (χ0v) is 19.1. The smallest absolute Gasteiger partial charge is 0.274 e. The minimum absolute atomic E-state index is 0.0617. The highest BCUT2D eigenvalue weighted by atomic mass is 35.5. The summed E-state index contributed by atoms with van der Waals surface area (Å²) in [6.45, 7) is 1.36. The van der Waals surface area contributed by atoms with Crippen molar-refractivity contribution < 1.29 is 9.53 Å². The third-order valence-corrected chi connectivity index (χ3v) is 7.02. The number of rotatable bonds is 5. The topological polar surface area (TPSA) is 42.4 Å². The van der Waals surface area contributed by atoms with Gasteiger partial charge in [0.1, 0.15) is 11.6 Å². The molecule has 3 aromatic carbocycles. The highest BCUT2D eigenvalue weighted by molar-refractivity contribution is 7.20. The zero-order chi connectivity index (χ0) is 21.9. The highest BCUT2D eigenvalue weighted by Gasteiger charge is 2.25. The van der Waals surface area contributed by atoms with E-state index in [-0.39, 0.29) is 12.0 Å². The molecule has 1 amide bonds. The van der Waals surface area contributed by atoms with Crippen molar-refractivity contribution in [1.82, 2.24) is 9.88 Å². The van der Waals surface area contributed by atoms with Crippen LogP contribution in [0.5, 0.6) is 5.19 Å². The molecule has 0 saturated carbocycles. The van der Waals surface area contributed by atoms with Crippen LogP contribution in [-0.4, -0.2) is 35.0 Å². The Morgan fingerprint density at radius 2 is 1.69 bits per heavy atom. The third kappa shape index (κ3) is 4.64. The second kappa shape index (κ2) is 9.31. The molecule has 1 aliphatic heterocycles. The Morgan fingerprint density at radius 1 is 0.969 bits per heavy atom. The first-order chi connectivity index (χ1) is 15.7. The summed E-state index contributed by atoms with van der Waals surface area (Å²) < 4.78 is 7.14. The summed E-state index contributed by atoms with van der Waals surface area (Å²) in [5.41, 5.74) is 4.00. The molecule has 4 aromatic rings. The number of fused-ring (bicyclic) bond motifs is 1. The van der Waals surface area contributed by atoms with Crippen LogP contribution >= 0.6 is 22.9 Å². The SMILES string of the molecule is O=C(c1ccc(Cc2ccccc2)cc1)N1CCC(Oc2nc3c(Cl)cccc3s2)CC1. The van der Waals surface area contributed by atoms with E-state index >= 15 is 0 Å². The second-order valence-corrected chi connectivity index (χ2v) is 9.44. The van der Waals surface area contributed by atoms with Crippen molar-refractivity contribution in [3.05, 3.63) is 94.5 Å². The molecule has 5 rings (SSSR count). The fourth-order valence-corrected chi connectivity index (χ4v) is 5.22. The van der Waals surface area contributed by atoms with Crippen molar-refractivity contribution in [3.8, 4) is 5.19 Å². The Morgan fingerprint density at radius 3 is 2.41 bits per heavy atom. The standard InChI is InChI=1S/C26H23ClN2O2S/c27-22-7-4-8-23-24(22)28-26(32-23)31-21-13-15-29(16-14-21)25(30)20-11-9-19(10-12-20)17-18-5-2-1-3-6-18/h1-12,21H,13-17H2. The van der Waals surface area contributed by atoms with Crippen LogP contribution in [0.4, 0.5) is 0 Å². The van der Waals surface area contributed by atoms with Crippen LogP contribution < -0.4 is 4.74 Å². The van der Waals surface area contributed by atoms with Gasteiger partial charge in [0.2, 0.25) is 0 Å². The number of amides is 1. The zero-order valence-electron chi connectivity index (χ0n) is 17.5. The van der Waals surface area contributed by atoms with Gasteiger partial charge in [-0.15, -0.1) is 0 Å². The van der Waals surface area contributed by atoms with Gasteiger partial charge in [0.05, 0.1) is 9.72 Å². The Hall–Kier alpha value is -2.89. The molecule has 0 atom stereocenters. The van der Waals surface area contributed by atoms with Gasteiger partial charge in [-0.05, 0) is 41.8 Å². The van der Waals surface area contributed by atoms with E-state index in [1.165, 1.54) is 22.5 Å². The number of carbonyl (C=O) groups excluding carboxylic acids is 1. The van der Waals surface area contributed by atoms with Gasteiger partial charge >= 0.3 is 0 Å². The second-order valence-electron chi connectivity index (χ2n) is 8.04. The molecule has 6 heteroatoms. The van der Waals surface area contributed by atoms with E-state index in [4.69, 9.17) is 16.3 Å². The molecule has 0 spiro atoms. The van der Waals surface area contributed by atoms with E-state index in [0.29, 0.717) is 23.3 Å². The number of benzene rings is 3. The van der Waals surface area contributed by atoms with Gasteiger partial charge in [-0.1, -0.05) is 71.5 Å². The number of hydrogen-bond acceptors (Lipinski definition) is 4. The van der Waals surface area contributed by atoms with Crippen molar-refractivity contribution >= 4 is 39.1 Å². The molecular formula is C26H23ClN2O2S. The van der Waals surface area contributed by atoms with E-state index < -0.39 is 0 Å². The van der Waals surface area contributed by atoms with Gasteiger partial charge in [0.15, 0.2) is 0 Å². The highest BCUT2D eigenvalue weighted by Crippen LogP contribution is 2.33. The van der Waals surface area contributed by atoms with Crippen molar-refractivity contribution in [3.63, 3.8) is 0 Å². The maximum absolute atomic E-state index is 12.9. The average molecular weight is 463 g/mol. The molecule has 0 bridgehead atoms. The van der Waals surface area contributed by atoms with Gasteiger partial charge in [0, 0.05) is 31.5 Å². The number of para-hydroxylation sites is 1. The number of piperidine rings is 1. The van der Waals surface area contributed by atoms with Crippen LogP contribution in [0, 0.1) is 0 Å². The molecule has 0 N–H and O–H groups in total. The molecule has 4 nitrogen and oxygen atoms in total. The molecule has 1 aromatic heterocycles. The number of ether oxygens (including phenoxy) is 1. The van der Waals surface area contributed by atoms with E-state index in [1.807, 2.05) is 65.6 Å². The normalized spacial score (nSPS) is 14.6. The summed E-state index contributed by atoms with van der Waals surface area (Å²) in [7, 11) is 0. The first kappa shape index (κ1) is 21.0. The first-order valence-corrected chi connectivity index (χ1v) is 12.0. The largest absolute Gasteiger partial charge is 0.467 e. The summed E-state index contributed by atoms with van der Waals surface area (Å²) >= 11 is 7.73. The number of halogens is 1. The fourth-order valence-electron chi connectivity index (χ4n) is 4.04. The number of nitrogens with zero attached hydrogens (tertiary/aromatic N) is 2. The minimum Gasteiger partial charge on any atom is -0.467 e. The lowest BCUT2D eigenvalue weighted by Crippen LogP contribution is -2.41. The van der Waals surface area contributed by atoms with E-state index in [0.717, 1.165) is 35.0 Å². The van der Waals surface area contributed by atoms with Crippen molar-refractivity contribution in [2.24, 2.45) is 0 Å². The molecular weight excluding hydrogens is 440 g/mol. The first-order valence-electron chi connectivity index (χ1n) is 10.8. The monoisotopic (exact) mass is 462 g/mol. The Labute approximate surface area is 196 Å². The molecule has 0 unspecified atom stereocenters. The lowest BCUT2D eigenvalue weighted by Gasteiger charge is -2.31. The van der Waals surface area contributed by atoms with Crippen LogP contribution in [0.15, 0.2) is 72.8 Å². The molecule has 1 saturated heterocycles. The molecule has 0 aliphatic carbocycles. The van der Waals surface area contributed by atoms with E-state index in [1.54, 1.807) is 0 Å². The predicted molar refractivity (Wildman–Crippen MR) is 130 cm³/mol. The van der Waals surface area contributed by atoms with Crippen LogP contribution in [0.2, 0.25) is 5.02 Å². The summed E-state index contributed by atoms with van der Waals surface area (Å²) in [5.74, 6) is 0.0847. The van der Waals surface area contributed by atoms with E-state index in [9.17, 15) is 4.79 Å². The number of hydrogen-bond donors (Lipinski definition) is 0. The molecule has 162 valence electrons. The van der Waals surface area contributed by atoms with Gasteiger partial charge < -0.3 is 9.64 Å². The number of aromatic nitrogens is 1.